The molecule has 16 heavy (non-hydrogen) atoms. The zero-order chi connectivity index (χ0) is 12.0. The fraction of sp³-hybridized carbons (Fsp3) is 0.917. The number of hydrogen-bond donors (Lipinski definition) is 0. The molecule has 1 amide bonds. The lowest BCUT2D eigenvalue weighted by Gasteiger charge is -2.37. The van der Waals surface area contributed by atoms with Gasteiger partial charge in [0, 0.05) is 12.6 Å². The molecule has 1 saturated carbocycles. The molecular formula is C12H19Cl2NO. The second kappa shape index (κ2) is 4.06. The lowest BCUT2D eigenvalue weighted by molar-refractivity contribution is -0.140. The molecule has 0 radical (unpaired) electrons. The van der Waals surface area contributed by atoms with Crippen molar-refractivity contribution >= 4 is 29.1 Å². The van der Waals surface area contributed by atoms with Gasteiger partial charge >= 0.3 is 0 Å². The molecule has 1 aliphatic heterocycles. The maximum atomic E-state index is 12.4. The number of carbonyl (C=O) groups excluding carboxylic acids is 1. The number of halogens is 2. The Morgan fingerprint density at radius 1 is 1.44 bits per heavy atom. The van der Waals surface area contributed by atoms with E-state index in [4.69, 9.17) is 23.2 Å². The first kappa shape index (κ1) is 12.5. The molecule has 0 aromatic carbocycles. The average molecular weight is 264 g/mol. The van der Waals surface area contributed by atoms with E-state index < -0.39 is 9.75 Å². The Bertz CT molecular complexity index is 305. The lowest BCUT2D eigenvalue weighted by atomic mass is 9.97. The standard InChI is InChI=1S/C12H19Cl2NO/c1-3-9-6-4-5-7-15(9)10(16)11(2)8-12(11,13)14/h9H,3-8H2,1-2H3. The van der Waals surface area contributed by atoms with Gasteiger partial charge in [-0.3, -0.25) is 4.79 Å². The van der Waals surface area contributed by atoms with E-state index in [2.05, 4.69) is 6.92 Å². The van der Waals surface area contributed by atoms with Crippen LogP contribution in [0.2, 0.25) is 0 Å². The van der Waals surface area contributed by atoms with Gasteiger partial charge in [0.05, 0.1) is 5.41 Å². The summed E-state index contributed by atoms with van der Waals surface area (Å²) < 4.78 is -0.834. The van der Waals surface area contributed by atoms with Gasteiger partial charge in [-0.25, -0.2) is 0 Å². The predicted octanol–water partition coefficient (Wildman–Crippen LogP) is 3.36. The van der Waals surface area contributed by atoms with Crippen LogP contribution >= 0.6 is 23.2 Å². The third kappa shape index (κ3) is 1.84. The van der Waals surface area contributed by atoms with E-state index in [1.165, 1.54) is 6.42 Å². The molecule has 0 bridgehead atoms. The minimum atomic E-state index is -0.834. The zero-order valence-electron chi connectivity index (χ0n) is 9.93. The van der Waals surface area contributed by atoms with E-state index in [9.17, 15) is 4.79 Å². The second-order valence-electron chi connectivity index (χ2n) is 5.27. The van der Waals surface area contributed by atoms with Crippen LogP contribution in [0.3, 0.4) is 0 Å². The Hall–Kier alpha value is 0.0500. The van der Waals surface area contributed by atoms with E-state index in [1.54, 1.807) is 0 Å². The van der Waals surface area contributed by atoms with Gasteiger partial charge in [-0.05, 0) is 39.0 Å². The summed E-state index contributed by atoms with van der Waals surface area (Å²) in [6.45, 7) is 4.90. The summed E-state index contributed by atoms with van der Waals surface area (Å²) in [4.78, 5) is 14.4. The highest BCUT2D eigenvalue weighted by Gasteiger charge is 2.69. The van der Waals surface area contributed by atoms with Crippen molar-refractivity contribution in [1.29, 1.82) is 0 Å². The van der Waals surface area contributed by atoms with Gasteiger partial charge in [0.2, 0.25) is 5.91 Å². The molecule has 2 aliphatic rings. The number of piperidine rings is 1. The summed E-state index contributed by atoms with van der Waals surface area (Å²) in [6, 6.07) is 0.391. The van der Waals surface area contributed by atoms with Crippen LogP contribution in [0.4, 0.5) is 0 Å². The molecule has 1 saturated heterocycles. The molecule has 0 aromatic rings. The van der Waals surface area contributed by atoms with E-state index >= 15 is 0 Å². The molecule has 1 heterocycles. The first-order valence-corrected chi connectivity index (χ1v) is 6.87. The first-order valence-electron chi connectivity index (χ1n) is 6.11. The molecule has 0 N–H and O–H groups in total. The van der Waals surface area contributed by atoms with Crippen LogP contribution in [0.15, 0.2) is 0 Å². The average Bonchev–Trinajstić information content (AvgIpc) is 2.78. The number of carbonyl (C=O) groups is 1. The molecule has 2 rings (SSSR count). The molecule has 0 spiro atoms. The minimum absolute atomic E-state index is 0.157. The van der Waals surface area contributed by atoms with Gasteiger partial charge in [0.25, 0.3) is 0 Å². The van der Waals surface area contributed by atoms with Gasteiger partial charge in [-0.1, -0.05) is 6.92 Å². The van der Waals surface area contributed by atoms with Crippen molar-refractivity contribution in [2.24, 2.45) is 5.41 Å². The molecule has 2 unspecified atom stereocenters. The predicted molar refractivity (Wildman–Crippen MR) is 66.8 cm³/mol. The van der Waals surface area contributed by atoms with Crippen LogP contribution in [0.1, 0.15) is 46.0 Å². The third-order valence-electron chi connectivity index (χ3n) is 4.09. The zero-order valence-corrected chi connectivity index (χ0v) is 11.4. The van der Waals surface area contributed by atoms with Crippen LogP contribution in [-0.4, -0.2) is 27.7 Å². The Kier molecular flexibility index (Phi) is 3.17. The Morgan fingerprint density at radius 3 is 2.56 bits per heavy atom. The summed E-state index contributed by atoms with van der Waals surface area (Å²) in [7, 11) is 0. The van der Waals surface area contributed by atoms with E-state index in [0.717, 1.165) is 25.8 Å². The fourth-order valence-corrected chi connectivity index (χ4v) is 3.34. The number of likely N-dealkylation sites (tertiary alicyclic amines) is 1. The van der Waals surface area contributed by atoms with Crippen LogP contribution in [-0.2, 0) is 4.79 Å². The molecular weight excluding hydrogens is 245 g/mol. The molecule has 2 fully saturated rings. The SMILES string of the molecule is CCC1CCCCN1C(=O)C1(C)CC1(Cl)Cl. The monoisotopic (exact) mass is 263 g/mol. The van der Waals surface area contributed by atoms with Crippen molar-refractivity contribution in [3.63, 3.8) is 0 Å². The highest BCUT2D eigenvalue weighted by molar-refractivity contribution is 6.53. The molecule has 2 atom stereocenters. The van der Waals surface area contributed by atoms with E-state index in [-0.39, 0.29) is 5.91 Å². The topological polar surface area (TPSA) is 20.3 Å². The van der Waals surface area contributed by atoms with Gasteiger partial charge in [-0.2, -0.15) is 0 Å². The van der Waals surface area contributed by atoms with Gasteiger partial charge < -0.3 is 4.90 Å². The molecule has 2 nitrogen and oxygen atoms in total. The second-order valence-corrected chi connectivity index (χ2v) is 6.75. The third-order valence-corrected chi connectivity index (χ3v) is 5.19. The number of rotatable bonds is 2. The molecule has 92 valence electrons. The number of alkyl halides is 2. The first-order chi connectivity index (χ1) is 7.42. The Labute approximate surface area is 107 Å². The van der Waals surface area contributed by atoms with E-state index in [1.807, 2.05) is 11.8 Å². The van der Waals surface area contributed by atoms with Gasteiger partial charge in [0.1, 0.15) is 4.33 Å². The normalized spacial score (nSPS) is 37.2. The lowest BCUT2D eigenvalue weighted by Crippen LogP contribution is -2.47. The fourth-order valence-electron chi connectivity index (χ4n) is 2.64. The smallest absolute Gasteiger partial charge is 0.231 e. The Balaban J connectivity index is 2.09. The summed E-state index contributed by atoms with van der Waals surface area (Å²) >= 11 is 12.1. The number of amides is 1. The van der Waals surface area contributed by atoms with Crippen molar-refractivity contribution in [3.8, 4) is 0 Å². The minimum Gasteiger partial charge on any atom is -0.339 e. The van der Waals surface area contributed by atoms with Crippen molar-refractivity contribution in [2.75, 3.05) is 6.54 Å². The van der Waals surface area contributed by atoms with Crippen LogP contribution in [0.25, 0.3) is 0 Å². The van der Waals surface area contributed by atoms with Crippen LogP contribution < -0.4 is 0 Å². The highest BCUT2D eigenvalue weighted by Crippen LogP contribution is 2.64. The maximum absolute atomic E-state index is 12.4. The highest BCUT2D eigenvalue weighted by atomic mass is 35.5. The summed E-state index contributed by atoms with van der Waals surface area (Å²) in [5.74, 6) is 0.157. The molecule has 0 aromatic heterocycles. The van der Waals surface area contributed by atoms with Crippen LogP contribution in [0.5, 0.6) is 0 Å². The summed E-state index contributed by atoms with van der Waals surface area (Å²) in [5, 5.41) is 0. The van der Waals surface area contributed by atoms with Gasteiger partial charge in [0.15, 0.2) is 0 Å². The van der Waals surface area contributed by atoms with Crippen molar-refractivity contribution in [3.05, 3.63) is 0 Å². The summed E-state index contributed by atoms with van der Waals surface area (Å²) in [6.07, 6.45) is 5.08. The van der Waals surface area contributed by atoms with Crippen molar-refractivity contribution in [2.45, 2.75) is 56.3 Å². The Morgan fingerprint density at radius 2 is 2.06 bits per heavy atom. The van der Waals surface area contributed by atoms with E-state index in [0.29, 0.717) is 12.5 Å². The maximum Gasteiger partial charge on any atom is 0.231 e. The number of nitrogens with zero attached hydrogens (tertiary/aromatic N) is 1. The van der Waals surface area contributed by atoms with Crippen LogP contribution in [0, 0.1) is 5.41 Å². The molecule has 1 aliphatic carbocycles. The van der Waals surface area contributed by atoms with Gasteiger partial charge in [-0.15, -0.1) is 23.2 Å². The quantitative estimate of drug-likeness (QED) is 0.700. The summed E-state index contributed by atoms with van der Waals surface area (Å²) in [5.41, 5.74) is -0.541. The number of hydrogen-bond acceptors (Lipinski definition) is 1. The largest absolute Gasteiger partial charge is 0.339 e. The molecule has 4 heteroatoms. The van der Waals surface area contributed by atoms with Crippen molar-refractivity contribution < 1.29 is 4.79 Å². The van der Waals surface area contributed by atoms with Crippen molar-refractivity contribution in [1.82, 2.24) is 4.90 Å².